The number of carboxylic acids is 1. The molecule has 218 valence electrons. The van der Waals surface area contributed by atoms with Crippen molar-refractivity contribution in [1.82, 2.24) is 0 Å². The van der Waals surface area contributed by atoms with E-state index in [4.69, 9.17) is 14.3 Å². The van der Waals surface area contributed by atoms with Crippen LogP contribution in [0, 0.1) is 6.92 Å². The van der Waals surface area contributed by atoms with Crippen LogP contribution in [0.4, 0.5) is 0 Å². The number of ether oxygens (including phenoxy) is 1. The minimum absolute atomic E-state index is 0.514. The fourth-order valence-corrected chi connectivity index (χ4v) is 11.3. The van der Waals surface area contributed by atoms with Crippen molar-refractivity contribution < 1.29 is 19.1 Å². The molecule has 4 nitrogen and oxygen atoms in total. The molecule has 0 fully saturated rings. The first kappa shape index (κ1) is 33.3. The fourth-order valence-electron chi connectivity index (χ4n) is 5.85. The Hall–Kier alpha value is -2.89. The molecule has 2 rings (SSSR count). The monoisotopic (exact) mass is 562 g/mol. The van der Waals surface area contributed by atoms with Gasteiger partial charge >= 0.3 is 5.97 Å². The highest BCUT2D eigenvalue weighted by Crippen LogP contribution is 2.42. The second kappa shape index (κ2) is 16.4. The Kier molecular flexibility index (Phi) is 13.7. The molecule has 0 amide bonds. The Morgan fingerprint density at radius 1 is 0.950 bits per heavy atom. The van der Waals surface area contributed by atoms with Crippen LogP contribution < -0.4 is 4.74 Å². The third-order valence-corrected chi connectivity index (χ3v) is 14.0. The molecule has 0 aliphatic heterocycles. The van der Waals surface area contributed by atoms with Crippen molar-refractivity contribution >= 4 is 20.4 Å². The van der Waals surface area contributed by atoms with Gasteiger partial charge in [-0.2, -0.15) is 0 Å². The number of aliphatic carboxylic acids is 1. The first-order valence-electron chi connectivity index (χ1n) is 14.6. The van der Waals surface area contributed by atoms with Crippen LogP contribution in [-0.4, -0.2) is 26.0 Å². The average Bonchev–Trinajstić information content (AvgIpc) is 2.90. The van der Waals surface area contributed by atoms with Crippen LogP contribution in [0.25, 0.3) is 6.08 Å². The quantitative estimate of drug-likeness (QED) is 0.0727. The van der Waals surface area contributed by atoms with Gasteiger partial charge in [0.25, 0.3) is 0 Å². The second-order valence-corrected chi connectivity index (χ2v) is 17.1. The van der Waals surface area contributed by atoms with Gasteiger partial charge in [-0.25, -0.2) is 4.79 Å². The summed E-state index contributed by atoms with van der Waals surface area (Å²) in [5.41, 5.74) is 7.63. The van der Waals surface area contributed by atoms with Crippen molar-refractivity contribution in [3.63, 3.8) is 0 Å². The Labute approximate surface area is 244 Å². The van der Waals surface area contributed by atoms with Crippen molar-refractivity contribution in [1.29, 1.82) is 0 Å². The van der Waals surface area contributed by atoms with Crippen molar-refractivity contribution in [2.45, 2.75) is 97.9 Å². The minimum atomic E-state index is -1.83. The van der Waals surface area contributed by atoms with E-state index in [1.165, 1.54) is 11.1 Å². The third kappa shape index (κ3) is 9.63. The largest absolute Gasteiger partial charge is 0.489 e. The summed E-state index contributed by atoms with van der Waals surface area (Å²) in [5.74, 6) is -0.0859. The van der Waals surface area contributed by atoms with Gasteiger partial charge in [-0.1, -0.05) is 108 Å². The summed E-state index contributed by atoms with van der Waals surface area (Å²) in [7, 11) is -1.83. The lowest BCUT2D eigenvalue weighted by atomic mass is 9.96. The molecule has 0 aliphatic carbocycles. The van der Waals surface area contributed by atoms with Crippen LogP contribution in [0.5, 0.6) is 5.75 Å². The van der Waals surface area contributed by atoms with Crippen LogP contribution in [0.15, 0.2) is 72.3 Å². The molecule has 0 aromatic heterocycles. The predicted octanol–water partition coefficient (Wildman–Crippen LogP) is 9.69. The molecular weight excluding hydrogens is 512 g/mol. The summed E-state index contributed by atoms with van der Waals surface area (Å²) < 4.78 is 13.0. The molecule has 2 aromatic carbocycles. The first-order valence-corrected chi connectivity index (χ1v) is 16.8. The summed E-state index contributed by atoms with van der Waals surface area (Å²) >= 11 is 0. The Morgan fingerprint density at radius 2 is 1.60 bits per heavy atom. The maximum atomic E-state index is 10.9. The maximum Gasteiger partial charge on any atom is 0.328 e. The highest BCUT2D eigenvalue weighted by Gasteiger charge is 2.44. The van der Waals surface area contributed by atoms with Crippen molar-refractivity contribution in [3.8, 4) is 5.75 Å². The van der Waals surface area contributed by atoms with Gasteiger partial charge in [0.05, 0.1) is 0 Å². The summed E-state index contributed by atoms with van der Waals surface area (Å²) in [5, 5.41) is 8.91. The van der Waals surface area contributed by atoms with Crippen LogP contribution in [0.3, 0.4) is 0 Å². The molecule has 1 N–H and O–H groups in total. The lowest BCUT2D eigenvalue weighted by molar-refractivity contribution is -0.131. The van der Waals surface area contributed by atoms with E-state index in [0.717, 1.165) is 54.4 Å². The number of carboxylic acid groups (broad SMARTS) is 1. The van der Waals surface area contributed by atoms with E-state index in [0.29, 0.717) is 23.2 Å². The third-order valence-electron chi connectivity index (χ3n) is 7.88. The SMILES string of the molecule is C/C(=C\Cc1c(/C=C/C=C/C(=O)O)ccc(OCc2ccccc2)c1C)CCCO[Si](C(C)C)(C(C)C)C(C)C. The van der Waals surface area contributed by atoms with E-state index in [1.807, 2.05) is 30.3 Å². The number of carbonyl (C=O) groups is 1. The molecule has 40 heavy (non-hydrogen) atoms. The molecular formula is C35H50O4Si. The first-order chi connectivity index (χ1) is 19.0. The van der Waals surface area contributed by atoms with Crippen LogP contribution in [-0.2, 0) is 22.2 Å². The van der Waals surface area contributed by atoms with Crippen molar-refractivity contribution in [2.24, 2.45) is 0 Å². The van der Waals surface area contributed by atoms with Gasteiger partial charge in [-0.15, -0.1) is 0 Å². The molecule has 0 heterocycles. The van der Waals surface area contributed by atoms with Gasteiger partial charge in [-0.05, 0) is 78.1 Å². The lowest BCUT2D eigenvalue weighted by Gasteiger charge is -2.42. The second-order valence-electron chi connectivity index (χ2n) is 11.6. The van der Waals surface area contributed by atoms with Crippen LogP contribution in [0.2, 0.25) is 16.6 Å². The average molecular weight is 563 g/mol. The fraction of sp³-hybridized carbons (Fsp3) is 0.457. The molecule has 0 atom stereocenters. The topological polar surface area (TPSA) is 55.8 Å². The van der Waals surface area contributed by atoms with Gasteiger partial charge in [0, 0.05) is 12.7 Å². The molecule has 2 aromatic rings. The highest BCUT2D eigenvalue weighted by molar-refractivity contribution is 6.77. The molecule has 0 unspecified atom stereocenters. The molecule has 0 bridgehead atoms. The number of hydrogen-bond donors (Lipinski definition) is 1. The Bertz CT molecular complexity index is 1140. The molecule has 5 heteroatoms. The predicted molar refractivity (Wildman–Crippen MR) is 171 cm³/mol. The summed E-state index contributed by atoms with van der Waals surface area (Å²) in [6.07, 6.45) is 11.6. The molecule has 0 spiro atoms. The molecule has 0 saturated heterocycles. The lowest BCUT2D eigenvalue weighted by Crippen LogP contribution is -2.47. The van der Waals surface area contributed by atoms with Crippen LogP contribution in [0.1, 0.15) is 83.6 Å². The van der Waals surface area contributed by atoms with E-state index in [2.05, 4.69) is 79.7 Å². The Morgan fingerprint density at radius 3 is 2.20 bits per heavy atom. The number of allylic oxidation sites excluding steroid dienone is 4. The van der Waals surface area contributed by atoms with Gasteiger partial charge in [0.15, 0.2) is 8.32 Å². The van der Waals surface area contributed by atoms with Crippen molar-refractivity contribution in [3.05, 3.63) is 94.6 Å². The van der Waals surface area contributed by atoms with E-state index in [9.17, 15) is 4.79 Å². The summed E-state index contributed by atoms with van der Waals surface area (Å²) in [4.78, 5) is 10.9. The zero-order chi connectivity index (χ0) is 29.7. The van der Waals surface area contributed by atoms with E-state index < -0.39 is 14.3 Å². The van der Waals surface area contributed by atoms with E-state index >= 15 is 0 Å². The summed E-state index contributed by atoms with van der Waals surface area (Å²) in [6.45, 7) is 19.6. The minimum Gasteiger partial charge on any atom is -0.489 e. The molecule has 0 saturated carbocycles. The summed E-state index contributed by atoms with van der Waals surface area (Å²) in [6, 6.07) is 14.2. The van der Waals surface area contributed by atoms with Gasteiger partial charge in [-0.3, -0.25) is 0 Å². The van der Waals surface area contributed by atoms with Gasteiger partial charge in [0.2, 0.25) is 0 Å². The standard InChI is InChI=1S/C35H50O4Si/c1-26(2)40(27(3)4,28(5)6)39-24-14-15-29(7)20-22-33-30(8)34(38-25-31-16-10-9-11-17-31)23-21-32(33)18-12-13-19-35(36)37/h9-13,16-21,23,26-28H,14-15,22,24-25H2,1-8H3,(H,36,37)/b18-12+,19-13+,29-20+. The van der Waals surface area contributed by atoms with Gasteiger partial charge in [0.1, 0.15) is 12.4 Å². The Balaban J connectivity index is 2.16. The molecule has 0 radical (unpaired) electrons. The molecule has 0 aliphatic rings. The van der Waals surface area contributed by atoms with Crippen LogP contribution >= 0.6 is 0 Å². The zero-order valence-electron chi connectivity index (χ0n) is 25.9. The van der Waals surface area contributed by atoms with Crippen molar-refractivity contribution in [2.75, 3.05) is 6.61 Å². The van der Waals surface area contributed by atoms with Gasteiger partial charge < -0.3 is 14.3 Å². The highest BCUT2D eigenvalue weighted by atomic mass is 28.4. The zero-order valence-corrected chi connectivity index (χ0v) is 26.9. The normalized spacial score (nSPS) is 12.9. The number of rotatable bonds is 16. The van der Waals surface area contributed by atoms with E-state index in [1.54, 1.807) is 12.2 Å². The smallest absolute Gasteiger partial charge is 0.328 e. The number of benzene rings is 2. The van der Waals surface area contributed by atoms with E-state index in [-0.39, 0.29) is 0 Å². The maximum absolute atomic E-state index is 10.9. The number of hydrogen-bond acceptors (Lipinski definition) is 3.